The number of carbonyl (C=O) groups is 2. The van der Waals surface area contributed by atoms with E-state index in [2.05, 4.69) is 9.94 Å². The minimum Gasteiger partial charge on any atom is -0.423 e. The highest BCUT2D eigenvalue weighted by atomic mass is 32.9. The van der Waals surface area contributed by atoms with Crippen LogP contribution in [-0.2, 0) is 20.8 Å². The van der Waals surface area contributed by atoms with Gasteiger partial charge in [0.05, 0.1) is 23.7 Å². The SMILES string of the molecule is COCCCCO[N+](=O)[O-].CSc1ccc(-c2c(C(=O)Oc3ccc(-c4cc(=S)ss4)cc3)c(CC=O)nn2-c2cccc(F)c2)cc1. The number of hydrogen-bond acceptors (Lipinski definition) is 12. The van der Waals surface area contributed by atoms with Crippen LogP contribution in [0.15, 0.2) is 83.8 Å². The molecule has 0 saturated heterocycles. The highest BCUT2D eigenvalue weighted by molar-refractivity contribution is 7.98. The molecule has 0 atom stereocenters. The van der Waals surface area contributed by atoms with E-state index in [-0.39, 0.29) is 24.3 Å². The van der Waals surface area contributed by atoms with Crippen LogP contribution < -0.4 is 4.74 Å². The van der Waals surface area contributed by atoms with Crippen molar-refractivity contribution in [3.05, 3.63) is 110 Å². The smallest absolute Gasteiger partial charge is 0.347 e. The first-order valence-electron chi connectivity index (χ1n) is 14.4. The summed E-state index contributed by atoms with van der Waals surface area (Å²) < 4.78 is 26.9. The van der Waals surface area contributed by atoms with Gasteiger partial charge in [0.25, 0.3) is 5.09 Å². The summed E-state index contributed by atoms with van der Waals surface area (Å²) in [5, 5.41) is 13.4. The summed E-state index contributed by atoms with van der Waals surface area (Å²) in [7, 11) is 4.71. The van der Waals surface area contributed by atoms with Crippen molar-refractivity contribution in [2.24, 2.45) is 0 Å². The molecule has 10 nitrogen and oxygen atoms in total. The Morgan fingerprint density at radius 2 is 1.75 bits per heavy atom. The number of methoxy groups -OCH3 is 1. The molecule has 0 aliphatic rings. The van der Waals surface area contributed by atoms with Crippen molar-refractivity contribution < 1.29 is 33.4 Å². The summed E-state index contributed by atoms with van der Waals surface area (Å²) in [5.41, 5.74) is 2.88. The summed E-state index contributed by atoms with van der Waals surface area (Å²) in [6.45, 7) is 0.789. The number of benzene rings is 3. The van der Waals surface area contributed by atoms with Crippen molar-refractivity contribution in [3.63, 3.8) is 0 Å². The molecule has 0 unspecified atom stereocenters. The predicted octanol–water partition coefficient (Wildman–Crippen LogP) is 8.50. The number of carbonyl (C=O) groups excluding carboxylic acids is 2. The quantitative estimate of drug-likeness (QED) is 0.0127. The molecule has 5 aromatic rings. The summed E-state index contributed by atoms with van der Waals surface area (Å²) in [4.78, 5) is 40.9. The number of rotatable bonds is 14. The normalized spacial score (nSPS) is 10.6. The van der Waals surface area contributed by atoms with Gasteiger partial charge >= 0.3 is 5.97 Å². The van der Waals surface area contributed by atoms with Gasteiger partial charge in [-0.05, 0) is 85.3 Å². The number of ether oxygens (including phenoxy) is 2. The van der Waals surface area contributed by atoms with Crippen LogP contribution in [0.4, 0.5) is 4.39 Å². The van der Waals surface area contributed by atoms with E-state index in [0.29, 0.717) is 42.0 Å². The lowest BCUT2D eigenvalue weighted by Crippen LogP contribution is -2.12. The lowest BCUT2D eigenvalue weighted by atomic mass is 10.0. The Balaban J connectivity index is 0.000000453. The van der Waals surface area contributed by atoms with Gasteiger partial charge in [-0.1, -0.05) is 51.1 Å². The Labute approximate surface area is 292 Å². The molecule has 0 aliphatic heterocycles. The summed E-state index contributed by atoms with van der Waals surface area (Å²) >= 11 is 6.81. The van der Waals surface area contributed by atoms with Crippen molar-refractivity contribution in [3.8, 4) is 33.1 Å². The van der Waals surface area contributed by atoms with Gasteiger partial charge in [0.2, 0.25) is 0 Å². The molecule has 0 bridgehead atoms. The van der Waals surface area contributed by atoms with Crippen molar-refractivity contribution in [1.82, 2.24) is 9.78 Å². The third kappa shape index (κ3) is 10.1. The van der Waals surface area contributed by atoms with Crippen LogP contribution in [0.3, 0.4) is 0 Å². The lowest BCUT2D eigenvalue weighted by Gasteiger charge is -2.11. The standard InChI is InChI=1S/C28H19FN2O3S4.C5H11NO4/c1-36-22-11-7-18(8-12-22)27-26(23(13-14-32)30-31(27)20-4-2-3-19(29)15-20)28(33)34-21-9-5-17(6-10-21)24-16-25(35)38-37-24;1-9-4-2-3-5-10-6(7)8/h2-12,14-16H,13H2,1H3;2-5H2,1H3. The number of hydrogen-bond donors (Lipinski definition) is 0. The average Bonchev–Trinajstić information content (AvgIpc) is 3.69. The molecule has 5 rings (SSSR count). The van der Waals surface area contributed by atoms with Gasteiger partial charge in [0, 0.05) is 35.5 Å². The molecule has 3 aromatic carbocycles. The Morgan fingerprint density at radius 3 is 2.35 bits per heavy atom. The van der Waals surface area contributed by atoms with Gasteiger partial charge in [-0.2, -0.15) is 5.10 Å². The van der Waals surface area contributed by atoms with Crippen LogP contribution in [0.5, 0.6) is 5.75 Å². The lowest BCUT2D eigenvalue weighted by molar-refractivity contribution is -0.757. The average molecular weight is 728 g/mol. The van der Waals surface area contributed by atoms with E-state index in [1.165, 1.54) is 27.2 Å². The summed E-state index contributed by atoms with van der Waals surface area (Å²) in [6.07, 6.45) is 4.00. The van der Waals surface area contributed by atoms with E-state index in [0.717, 1.165) is 25.6 Å². The second-order valence-corrected chi connectivity index (χ2v) is 13.6. The first kappa shape index (κ1) is 36.6. The minimum atomic E-state index is -0.785. The fraction of sp³-hybridized carbons (Fsp3) is 0.212. The topological polar surface area (TPSA) is 123 Å². The third-order valence-corrected chi connectivity index (χ3v) is 10.3. The molecule has 0 fully saturated rings. The van der Waals surface area contributed by atoms with Gasteiger partial charge in [-0.15, -0.1) is 21.9 Å². The van der Waals surface area contributed by atoms with E-state index in [9.17, 15) is 24.1 Å². The Kier molecular flexibility index (Phi) is 13.9. The Bertz CT molecular complexity index is 1890. The number of nitrogens with zero attached hydrogens (tertiary/aromatic N) is 3. The molecule has 0 N–H and O–H groups in total. The highest BCUT2D eigenvalue weighted by Gasteiger charge is 2.27. The molecule has 250 valence electrons. The summed E-state index contributed by atoms with van der Waals surface area (Å²) in [6, 6.07) is 22.6. The molecule has 2 aromatic heterocycles. The maximum absolute atomic E-state index is 14.1. The number of aldehydes is 1. The van der Waals surface area contributed by atoms with Crippen molar-refractivity contribution >= 4 is 56.9 Å². The molecule has 48 heavy (non-hydrogen) atoms. The van der Waals surface area contributed by atoms with Crippen LogP contribution in [0.2, 0.25) is 0 Å². The van der Waals surface area contributed by atoms with Crippen LogP contribution >= 0.6 is 44.7 Å². The molecular formula is C33H30FN3O7S4. The van der Waals surface area contributed by atoms with E-state index in [1.54, 1.807) is 53.5 Å². The fourth-order valence-electron chi connectivity index (χ4n) is 4.42. The van der Waals surface area contributed by atoms with E-state index >= 15 is 0 Å². The number of unbranched alkanes of at least 4 members (excludes halogenated alkanes) is 1. The number of thioether (sulfide) groups is 1. The summed E-state index contributed by atoms with van der Waals surface area (Å²) in [5.74, 6) is -0.762. The number of aromatic nitrogens is 2. The van der Waals surface area contributed by atoms with Crippen molar-refractivity contribution in [2.75, 3.05) is 26.6 Å². The molecular weight excluding hydrogens is 698 g/mol. The van der Waals surface area contributed by atoms with E-state index in [4.69, 9.17) is 21.7 Å². The molecule has 0 amide bonds. The largest absolute Gasteiger partial charge is 0.423 e. The molecule has 0 aliphatic carbocycles. The van der Waals surface area contributed by atoms with Gasteiger partial charge in [-0.3, -0.25) is 0 Å². The maximum Gasteiger partial charge on any atom is 0.347 e. The van der Waals surface area contributed by atoms with Gasteiger partial charge < -0.3 is 19.1 Å². The predicted molar refractivity (Wildman–Crippen MR) is 188 cm³/mol. The van der Waals surface area contributed by atoms with Gasteiger partial charge in [0.1, 0.15) is 27.2 Å². The van der Waals surface area contributed by atoms with Gasteiger partial charge in [-0.25, -0.2) is 13.9 Å². The van der Waals surface area contributed by atoms with Crippen LogP contribution in [-0.4, -0.2) is 53.7 Å². The van der Waals surface area contributed by atoms with E-state index in [1.807, 2.05) is 48.7 Å². The van der Waals surface area contributed by atoms with Crippen LogP contribution in [0.1, 0.15) is 28.9 Å². The zero-order valence-electron chi connectivity index (χ0n) is 25.8. The maximum atomic E-state index is 14.1. The molecule has 0 radical (unpaired) electrons. The molecule has 15 heteroatoms. The number of halogens is 1. The first-order chi connectivity index (χ1) is 23.2. The minimum absolute atomic E-state index is 0.107. The van der Waals surface area contributed by atoms with Gasteiger partial charge in [0.15, 0.2) is 0 Å². The van der Waals surface area contributed by atoms with Crippen molar-refractivity contribution in [2.45, 2.75) is 24.2 Å². The molecule has 0 spiro atoms. The molecule has 0 saturated carbocycles. The highest BCUT2D eigenvalue weighted by Crippen LogP contribution is 2.34. The zero-order valence-corrected chi connectivity index (χ0v) is 29.1. The Morgan fingerprint density at radius 1 is 1.04 bits per heavy atom. The second-order valence-electron chi connectivity index (χ2n) is 9.83. The number of esters is 1. The third-order valence-electron chi connectivity index (χ3n) is 6.61. The van der Waals surface area contributed by atoms with Crippen LogP contribution in [0.25, 0.3) is 27.4 Å². The fourth-order valence-corrected chi connectivity index (χ4v) is 7.23. The van der Waals surface area contributed by atoms with Crippen molar-refractivity contribution in [1.29, 1.82) is 0 Å². The Hall–Kier alpha value is -4.28. The molecule has 2 heterocycles. The second kappa shape index (κ2) is 18.3. The van der Waals surface area contributed by atoms with Crippen LogP contribution in [0, 0.1) is 19.8 Å². The first-order valence-corrected chi connectivity index (χ1v) is 18.2. The zero-order chi connectivity index (χ0) is 34.5. The van der Waals surface area contributed by atoms with E-state index < -0.39 is 16.9 Å². The monoisotopic (exact) mass is 727 g/mol.